The molecular formula is C18H21N3O3. The molecule has 0 aliphatic heterocycles. The van der Waals surface area contributed by atoms with Crippen molar-refractivity contribution in [3.63, 3.8) is 0 Å². The Kier molecular flexibility index (Phi) is 5.52. The molecule has 1 N–H and O–H groups in total. The van der Waals surface area contributed by atoms with Crippen molar-refractivity contribution >= 4 is 17.5 Å². The van der Waals surface area contributed by atoms with Crippen LogP contribution >= 0.6 is 0 Å². The van der Waals surface area contributed by atoms with E-state index >= 15 is 0 Å². The number of nitrogens with one attached hydrogen (secondary N) is 1. The van der Waals surface area contributed by atoms with Crippen LogP contribution in [-0.4, -0.2) is 37.5 Å². The highest BCUT2D eigenvalue weighted by Crippen LogP contribution is 2.14. The molecule has 6 heteroatoms. The molecule has 0 atom stereocenters. The molecule has 0 spiro atoms. The van der Waals surface area contributed by atoms with Crippen molar-refractivity contribution in [2.75, 3.05) is 25.6 Å². The van der Waals surface area contributed by atoms with Crippen LogP contribution in [0.2, 0.25) is 0 Å². The summed E-state index contributed by atoms with van der Waals surface area (Å²) in [5.41, 5.74) is 3.19. The molecule has 0 aliphatic rings. The Morgan fingerprint density at radius 2 is 1.83 bits per heavy atom. The molecule has 0 unspecified atom stereocenters. The second kappa shape index (κ2) is 7.59. The zero-order valence-corrected chi connectivity index (χ0v) is 14.3. The third kappa shape index (κ3) is 4.32. The summed E-state index contributed by atoms with van der Waals surface area (Å²) < 4.78 is 4.99. The summed E-state index contributed by atoms with van der Waals surface area (Å²) in [6.07, 6.45) is 1.54. The fourth-order valence-corrected chi connectivity index (χ4v) is 2.32. The van der Waals surface area contributed by atoms with Gasteiger partial charge in [-0.25, -0.2) is 4.98 Å². The number of rotatable bonds is 5. The molecule has 24 heavy (non-hydrogen) atoms. The van der Waals surface area contributed by atoms with Crippen LogP contribution in [-0.2, 0) is 4.79 Å². The van der Waals surface area contributed by atoms with Crippen LogP contribution in [0.15, 0.2) is 36.5 Å². The number of benzene rings is 1. The summed E-state index contributed by atoms with van der Waals surface area (Å²) in [7, 11) is 3.16. The van der Waals surface area contributed by atoms with Gasteiger partial charge in [-0.2, -0.15) is 0 Å². The van der Waals surface area contributed by atoms with Crippen LogP contribution in [0, 0.1) is 13.8 Å². The Morgan fingerprint density at radius 3 is 2.38 bits per heavy atom. The molecule has 1 aromatic carbocycles. The highest BCUT2D eigenvalue weighted by Gasteiger charge is 2.14. The molecule has 0 saturated carbocycles. The van der Waals surface area contributed by atoms with E-state index in [1.807, 2.05) is 19.9 Å². The quantitative estimate of drug-likeness (QED) is 0.913. The third-order valence-electron chi connectivity index (χ3n) is 3.58. The van der Waals surface area contributed by atoms with E-state index in [0.29, 0.717) is 17.1 Å². The molecule has 2 amide bonds. The molecule has 1 aromatic heterocycles. The minimum atomic E-state index is -0.267. The molecule has 0 radical (unpaired) electrons. The van der Waals surface area contributed by atoms with E-state index in [0.717, 1.165) is 11.1 Å². The summed E-state index contributed by atoms with van der Waals surface area (Å²) in [6, 6.07) is 8.99. The largest absolute Gasteiger partial charge is 0.481 e. The number of carbonyl (C=O) groups is 2. The van der Waals surface area contributed by atoms with Crippen molar-refractivity contribution in [2.45, 2.75) is 13.8 Å². The first-order chi connectivity index (χ1) is 11.4. The van der Waals surface area contributed by atoms with Crippen molar-refractivity contribution in [2.24, 2.45) is 0 Å². The van der Waals surface area contributed by atoms with Crippen LogP contribution in [0.25, 0.3) is 0 Å². The predicted molar refractivity (Wildman–Crippen MR) is 92.4 cm³/mol. The number of nitrogens with zero attached hydrogens (tertiary/aromatic N) is 2. The molecule has 6 nitrogen and oxygen atoms in total. The summed E-state index contributed by atoms with van der Waals surface area (Å²) in [5.74, 6) is -0.0289. The standard InChI is InChI=1S/C18H21N3O3/c1-12-7-13(2)9-14(8-12)18(23)20-11-17(22)21(3)15-5-6-16(24-4)19-10-15/h5-10H,11H2,1-4H3,(H,20,23). The maximum absolute atomic E-state index is 12.2. The smallest absolute Gasteiger partial charge is 0.251 e. The second-order valence-corrected chi connectivity index (χ2v) is 5.57. The van der Waals surface area contributed by atoms with Gasteiger partial charge in [0.2, 0.25) is 11.8 Å². The average molecular weight is 327 g/mol. The molecule has 2 rings (SSSR count). The predicted octanol–water partition coefficient (Wildman–Crippen LogP) is 2.10. The zero-order chi connectivity index (χ0) is 17.7. The van der Waals surface area contributed by atoms with Gasteiger partial charge in [0.1, 0.15) is 0 Å². The van der Waals surface area contributed by atoms with Gasteiger partial charge in [0.15, 0.2) is 0 Å². The summed E-state index contributed by atoms with van der Waals surface area (Å²) in [5, 5.41) is 2.65. The molecule has 0 aliphatic carbocycles. The van der Waals surface area contributed by atoms with Crippen molar-refractivity contribution in [3.8, 4) is 5.88 Å². The summed E-state index contributed by atoms with van der Waals surface area (Å²) >= 11 is 0. The Hall–Kier alpha value is -2.89. The van der Waals surface area contributed by atoms with Gasteiger partial charge < -0.3 is 15.0 Å². The van der Waals surface area contributed by atoms with Gasteiger partial charge >= 0.3 is 0 Å². The minimum Gasteiger partial charge on any atom is -0.481 e. The monoisotopic (exact) mass is 327 g/mol. The molecule has 1 heterocycles. The van der Waals surface area contributed by atoms with E-state index in [1.165, 1.54) is 12.0 Å². The number of hydrogen-bond acceptors (Lipinski definition) is 4. The Morgan fingerprint density at radius 1 is 1.17 bits per heavy atom. The van der Waals surface area contributed by atoms with Gasteiger partial charge in [-0.15, -0.1) is 0 Å². The van der Waals surface area contributed by atoms with Gasteiger partial charge in [0.25, 0.3) is 5.91 Å². The Balaban J connectivity index is 1.97. The van der Waals surface area contributed by atoms with E-state index in [-0.39, 0.29) is 18.4 Å². The molecule has 0 fully saturated rings. The SMILES string of the molecule is COc1ccc(N(C)C(=O)CNC(=O)c2cc(C)cc(C)c2)cn1. The third-order valence-corrected chi connectivity index (χ3v) is 3.58. The maximum Gasteiger partial charge on any atom is 0.251 e. The number of amides is 2. The fourth-order valence-electron chi connectivity index (χ4n) is 2.32. The highest BCUT2D eigenvalue weighted by atomic mass is 16.5. The lowest BCUT2D eigenvalue weighted by Crippen LogP contribution is -2.38. The van der Waals surface area contributed by atoms with Crippen LogP contribution in [0.5, 0.6) is 5.88 Å². The lowest BCUT2D eigenvalue weighted by Gasteiger charge is -2.17. The lowest BCUT2D eigenvalue weighted by atomic mass is 10.1. The van der Waals surface area contributed by atoms with Gasteiger partial charge in [0.05, 0.1) is 25.5 Å². The van der Waals surface area contributed by atoms with E-state index in [1.54, 1.807) is 37.5 Å². The van der Waals surface area contributed by atoms with E-state index in [4.69, 9.17) is 4.74 Å². The lowest BCUT2D eigenvalue weighted by molar-refractivity contribution is -0.117. The number of anilines is 1. The number of pyridine rings is 1. The second-order valence-electron chi connectivity index (χ2n) is 5.57. The zero-order valence-electron chi connectivity index (χ0n) is 14.3. The van der Waals surface area contributed by atoms with Crippen molar-refractivity contribution < 1.29 is 14.3 Å². The number of aryl methyl sites for hydroxylation is 2. The number of methoxy groups -OCH3 is 1. The first kappa shape index (κ1) is 17.5. The topological polar surface area (TPSA) is 71.5 Å². The van der Waals surface area contributed by atoms with E-state index in [2.05, 4.69) is 10.3 Å². The highest BCUT2D eigenvalue weighted by molar-refractivity contribution is 6.00. The molecule has 2 aromatic rings. The van der Waals surface area contributed by atoms with E-state index < -0.39 is 0 Å². The van der Waals surface area contributed by atoms with Gasteiger partial charge in [-0.05, 0) is 32.0 Å². The van der Waals surface area contributed by atoms with Crippen molar-refractivity contribution in [1.82, 2.24) is 10.3 Å². The Labute approximate surface area is 141 Å². The minimum absolute atomic E-state index is 0.0889. The molecule has 0 saturated heterocycles. The number of carbonyl (C=O) groups excluding carboxylic acids is 2. The van der Waals surface area contributed by atoms with Crippen molar-refractivity contribution in [3.05, 3.63) is 53.2 Å². The average Bonchev–Trinajstić information content (AvgIpc) is 2.57. The van der Waals surface area contributed by atoms with Gasteiger partial charge in [-0.3, -0.25) is 9.59 Å². The first-order valence-corrected chi connectivity index (χ1v) is 7.54. The van der Waals surface area contributed by atoms with Crippen LogP contribution in [0.4, 0.5) is 5.69 Å². The number of ether oxygens (including phenoxy) is 1. The Bertz CT molecular complexity index is 721. The van der Waals surface area contributed by atoms with Crippen LogP contribution < -0.4 is 15.0 Å². The molecule has 0 bridgehead atoms. The number of hydrogen-bond donors (Lipinski definition) is 1. The summed E-state index contributed by atoms with van der Waals surface area (Å²) in [4.78, 5) is 29.9. The summed E-state index contributed by atoms with van der Waals surface area (Å²) in [6.45, 7) is 3.77. The number of aromatic nitrogens is 1. The van der Waals surface area contributed by atoms with Gasteiger partial charge in [-0.1, -0.05) is 17.2 Å². The van der Waals surface area contributed by atoms with Crippen LogP contribution in [0.3, 0.4) is 0 Å². The molecular weight excluding hydrogens is 306 g/mol. The van der Waals surface area contributed by atoms with Crippen molar-refractivity contribution in [1.29, 1.82) is 0 Å². The van der Waals surface area contributed by atoms with Gasteiger partial charge in [0, 0.05) is 18.7 Å². The fraction of sp³-hybridized carbons (Fsp3) is 0.278. The molecule has 126 valence electrons. The number of likely N-dealkylation sites (N-methyl/N-ethyl adjacent to an activating group) is 1. The van der Waals surface area contributed by atoms with Crippen LogP contribution in [0.1, 0.15) is 21.5 Å². The maximum atomic E-state index is 12.2. The van der Waals surface area contributed by atoms with E-state index in [9.17, 15) is 9.59 Å². The first-order valence-electron chi connectivity index (χ1n) is 7.54. The normalized spacial score (nSPS) is 10.2.